The molecule has 2 amide bonds. The molecule has 30 heavy (non-hydrogen) atoms. The number of hydrogen-bond acceptors (Lipinski definition) is 4. The van der Waals surface area contributed by atoms with Gasteiger partial charge in [-0.05, 0) is 24.8 Å². The molecule has 2 rings (SSSR count). The standard InChI is InChI=1S/C17H22F5N3O3.C2H6.3H2/c1-15(18,19)16(4-5-16)12(26)9-25-14(27)24-8-11-3-2-6-23-13(7-11)28-10-17(20,21)22;1-2;;;/h2,6-7,12,26H,3-5,8-10H2,1H3,(H2,24,25,27);1-2H3;3*1H/t12-;;;;/m0..../s1. The summed E-state index contributed by atoms with van der Waals surface area (Å²) in [4.78, 5) is 15.6. The Labute approximate surface area is 176 Å². The van der Waals surface area contributed by atoms with Gasteiger partial charge in [-0.15, -0.1) is 0 Å². The van der Waals surface area contributed by atoms with Crippen molar-refractivity contribution < 1.29 is 40.9 Å². The number of ether oxygens (including phenoxy) is 1. The molecule has 1 fully saturated rings. The van der Waals surface area contributed by atoms with Crippen molar-refractivity contribution in [3.05, 3.63) is 23.9 Å². The molecule has 0 spiro atoms. The quantitative estimate of drug-likeness (QED) is 0.496. The summed E-state index contributed by atoms with van der Waals surface area (Å²) in [6.45, 7) is 2.90. The fraction of sp³-hybridized carbons (Fsp3) is 0.684. The number of carbonyl (C=O) groups excluding carboxylic acids is 1. The Bertz CT molecular complexity index is 680. The smallest absolute Gasteiger partial charge is 0.422 e. The minimum absolute atomic E-state index is 0. The van der Waals surface area contributed by atoms with Crippen LogP contribution < -0.4 is 10.6 Å². The molecule has 1 atom stereocenters. The maximum Gasteiger partial charge on any atom is 0.422 e. The second-order valence-corrected chi connectivity index (χ2v) is 6.89. The van der Waals surface area contributed by atoms with Crippen molar-refractivity contribution in [3.8, 4) is 0 Å². The molecule has 0 saturated heterocycles. The summed E-state index contributed by atoms with van der Waals surface area (Å²) < 4.78 is 68.3. The molecule has 1 heterocycles. The first-order valence-corrected chi connectivity index (χ1v) is 9.62. The number of halogens is 5. The predicted octanol–water partition coefficient (Wildman–Crippen LogP) is 4.67. The number of nitrogens with zero attached hydrogens (tertiary/aromatic N) is 1. The highest BCUT2D eigenvalue weighted by Gasteiger charge is 2.63. The summed E-state index contributed by atoms with van der Waals surface area (Å²) in [5.41, 5.74) is -0.972. The van der Waals surface area contributed by atoms with Gasteiger partial charge in [-0.1, -0.05) is 19.9 Å². The van der Waals surface area contributed by atoms with Crippen LogP contribution in [-0.4, -0.2) is 54.9 Å². The molecule has 6 nitrogen and oxygen atoms in total. The van der Waals surface area contributed by atoms with Crippen LogP contribution in [0.25, 0.3) is 0 Å². The third kappa shape index (κ3) is 7.92. The number of aliphatic hydroxyl groups excluding tert-OH is 1. The van der Waals surface area contributed by atoms with Crippen LogP contribution in [0.2, 0.25) is 0 Å². The Hall–Kier alpha value is -2.17. The first-order valence-electron chi connectivity index (χ1n) is 9.62. The van der Waals surface area contributed by atoms with Gasteiger partial charge in [0.25, 0.3) is 5.92 Å². The van der Waals surface area contributed by atoms with E-state index in [2.05, 4.69) is 20.4 Å². The van der Waals surface area contributed by atoms with Crippen LogP contribution in [0.5, 0.6) is 0 Å². The lowest BCUT2D eigenvalue weighted by Gasteiger charge is -2.28. The molecule has 0 bridgehead atoms. The first kappa shape index (κ1) is 25.9. The van der Waals surface area contributed by atoms with Gasteiger partial charge in [0.15, 0.2) is 6.61 Å². The van der Waals surface area contributed by atoms with E-state index in [4.69, 9.17) is 0 Å². The average Bonchev–Trinajstić information content (AvgIpc) is 3.48. The van der Waals surface area contributed by atoms with Crippen molar-refractivity contribution in [1.82, 2.24) is 10.6 Å². The van der Waals surface area contributed by atoms with Crippen LogP contribution in [0.1, 0.15) is 44.3 Å². The van der Waals surface area contributed by atoms with Gasteiger partial charge in [0.1, 0.15) is 0 Å². The summed E-state index contributed by atoms with van der Waals surface area (Å²) in [6.07, 6.45) is -1.02. The lowest BCUT2D eigenvalue weighted by Crippen LogP contribution is -2.46. The first-order chi connectivity index (χ1) is 13.9. The zero-order chi connectivity index (χ0) is 23.0. The van der Waals surface area contributed by atoms with E-state index < -0.39 is 36.3 Å². The van der Waals surface area contributed by atoms with Crippen molar-refractivity contribution in [1.29, 1.82) is 0 Å². The molecule has 1 aliphatic carbocycles. The van der Waals surface area contributed by atoms with Crippen LogP contribution >= 0.6 is 0 Å². The Morgan fingerprint density at radius 3 is 2.47 bits per heavy atom. The van der Waals surface area contributed by atoms with E-state index >= 15 is 0 Å². The number of hydrogen-bond donors (Lipinski definition) is 3. The van der Waals surface area contributed by atoms with E-state index in [1.54, 1.807) is 6.08 Å². The summed E-state index contributed by atoms with van der Waals surface area (Å²) in [7, 11) is 0. The summed E-state index contributed by atoms with van der Waals surface area (Å²) in [6, 6.07) is -0.696. The highest BCUT2D eigenvalue weighted by Crippen LogP contribution is 2.58. The molecule has 0 aromatic carbocycles. The summed E-state index contributed by atoms with van der Waals surface area (Å²) >= 11 is 0. The van der Waals surface area contributed by atoms with Crippen LogP contribution in [0.4, 0.5) is 26.7 Å². The summed E-state index contributed by atoms with van der Waals surface area (Å²) in [5.74, 6) is -3.28. The van der Waals surface area contributed by atoms with Crippen molar-refractivity contribution in [2.75, 3.05) is 19.7 Å². The number of rotatable bonds is 7. The van der Waals surface area contributed by atoms with E-state index in [9.17, 15) is 31.9 Å². The Morgan fingerprint density at radius 2 is 1.93 bits per heavy atom. The number of amides is 2. The van der Waals surface area contributed by atoms with Crippen LogP contribution in [0, 0.1) is 5.41 Å². The lowest BCUT2D eigenvalue weighted by atomic mass is 9.92. The maximum absolute atomic E-state index is 13.5. The Morgan fingerprint density at radius 1 is 1.30 bits per heavy atom. The Balaban J connectivity index is -0.00000175. The molecule has 3 N–H and O–H groups in total. The fourth-order valence-electron chi connectivity index (χ4n) is 2.80. The van der Waals surface area contributed by atoms with Crippen LogP contribution in [-0.2, 0) is 4.74 Å². The zero-order valence-corrected chi connectivity index (χ0v) is 17.2. The summed E-state index contributed by atoms with van der Waals surface area (Å²) in [5, 5.41) is 14.7. The number of carbonyl (C=O) groups is 1. The molecule has 0 aromatic heterocycles. The minimum atomic E-state index is -4.50. The molecule has 178 valence electrons. The van der Waals surface area contributed by atoms with E-state index in [0.717, 1.165) is 6.92 Å². The highest BCUT2D eigenvalue weighted by molar-refractivity contribution is 5.89. The molecule has 0 radical (unpaired) electrons. The van der Waals surface area contributed by atoms with Gasteiger partial charge in [0, 0.05) is 36.6 Å². The van der Waals surface area contributed by atoms with E-state index in [1.165, 1.54) is 12.3 Å². The largest absolute Gasteiger partial charge is 0.468 e. The number of allylic oxidation sites excluding steroid dienone is 1. The number of aliphatic hydroxyl groups is 1. The number of alkyl halides is 5. The van der Waals surface area contributed by atoms with Gasteiger partial charge >= 0.3 is 12.2 Å². The number of aliphatic imine (C=N–C) groups is 1. The molecule has 11 heteroatoms. The number of urea groups is 1. The van der Waals surface area contributed by atoms with Crippen molar-refractivity contribution >= 4 is 11.9 Å². The molecule has 0 unspecified atom stereocenters. The van der Waals surface area contributed by atoms with E-state index in [-0.39, 0.29) is 36.1 Å². The van der Waals surface area contributed by atoms with E-state index in [0.29, 0.717) is 12.0 Å². The Kier molecular flexibility index (Phi) is 9.26. The molecule has 1 saturated carbocycles. The number of nitrogens with one attached hydrogen (secondary N) is 2. The van der Waals surface area contributed by atoms with Crippen LogP contribution in [0.15, 0.2) is 28.9 Å². The van der Waals surface area contributed by atoms with Gasteiger partial charge in [0.2, 0.25) is 5.90 Å². The zero-order valence-electron chi connectivity index (χ0n) is 17.2. The molecular weight excluding hydrogens is 413 g/mol. The van der Waals surface area contributed by atoms with E-state index in [1.807, 2.05) is 13.8 Å². The SMILES string of the molecule is CC.CC(F)(F)C1([C@@H](O)CNC(=O)NCC2=CC(OCC(F)(F)F)=NC=CC2)CC1.[HH].[HH].[HH]. The van der Waals surface area contributed by atoms with Crippen molar-refractivity contribution in [2.24, 2.45) is 10.4 Å². The third-order valence-electron chi connectivity index (χ3n) is 4.63. The van der Waals surface area contributed by atoms with Gasteiger partial charge in [-0.3, -0.25) is 0 Å². The van der Waals surface area contributed by atoms with Crippen molar-refractivity contribution in [2.45, 2.75) is 58.2 Å². The second kappa shape index (κ2) is 10.7. The van der Waals surface area contributed by atoms with Crippen LogP contribution in [0.3, 0.4) is 0 Å². The monoisotopic (exact) mass is 447 g/mol. The molecule has 2 aliphatic rings. The van der Waals surface area contributed by atoms with Crippen molar-refractivity contribution in [3.63, 3.8) is 0 Å². The average molecular weight is 447 g/mol. The second-order valence-electron chi connectivity index (χ2n) is 6.89. The van der Waals surface area contributed by atoms with Gasteiger partial charge in [0.05, 0.1) is 11.5 Å². The minimum Gasteiger partial charge on any atom is -0.468 e. The van der Waals surface area contributed by atoms with Gasteiger partial charge in [-0.25, -0.2) is 18.6 Å². The fourth-order valence-corrected chi connectivity index (χ4v) is 2.80. The topological polar surface area (TPSA) is 83.0 Å². The lowest BCUT2D eigenvalue weighted by molar-refractivity contribution is -0.155. The highest BCUT2D eigenvalue weighted by atomic mass is 19.4. The maximum atomic E-state index is 13.5. The van der Waals surface area contributed by atoms with Gasteiger partial charge < -0.3 is 20.5 Å². The normalized spacial score (nSPS) is 18.7. The predicted molar refractivity (Wildman–Crippen MR) is 109 cm³/mol. The third-order valence-corrected chi connectivity index (χ3v) is 4.63. The van der Waals surface area contributed by atoms with Gasteiger partial charge in [-0.2, -0.15) is 13.2 Å². The molecular formula is C19H34F5N3O3. The molecule has 0 aromatic rings. The molecule has 1 aliphatic heterocycles.